The van der Waals surface area contributed by atoms with Gasteiger partial charge in [-0.2, -0.15) is 0 Å². The Kier molecular flexibility index (Phi) is 16.9. The van der Waals surface area contributed by atoms with E-state index in [-0.39, 0.29) is 24.0 Å². The van der Waals surface area contributed by atoms with E-state index in [9.17, 15) is 0 Å². The maximum atomic E-state index is 2.85. The molecule has 1 N–H and O–H groups in total. The summed E-state index contributed by atoms with van der Waals surface area (Å²) in [6.45, 7) is 3.08. The van der Waals surface area contributed by atoms with Gasteiger partial charge in [0.15, 0.2) is 0 Å². The van der Waals surface area contributed by atoms with Crippen LogP contribution in [0.25, 0.3) is 0 Å². The summed E-state index contributed by atoms with van der Waals surface area (Å²) in [5.74, 6) is 0. The normalized spacial score (nSPS) is 6.00. The predicted molar refractivity (Wildman–Crippen MR) is 38.8 cm³/mol. The van der Waals surface area contributed by atoms with E-state index in [0.717, 1.165) is 6.54 Å². The fraction of sp³-hybridized carbons (Fsp3) is 1.00. The lowest BCUT2D eigenvalue weighted by Crippen LogP contribution is -1.90. The first-order chi connectivity index (χ1) is 1.91. The minimum Gasteiger partial charge on any atom is -0.301 e. The lowest BCUT2D eigenvalue weighted by molar-refractivity contribution is 1.04. The van der Waals surface area contributed by atoms with E-state index < -0.39 is 0 Å². The third-order valence-corrected chi connectivity index (χ3v) is 0.612. The van der Waals surface area contributed by atoms with Gasteiger partial charge in [0, 0.05) is 0 Å². The second-order valence-electron chi connectivity index (χ2n) is 0.558. The van der Waals surface area contributed by atoms with Gasteiger partial charge in [-0.3, -0.25) is 0 Å². The molecule has 1 atom stereocenters. The van der Waals surface area contributed by atoms with Gasteiger partial charge in [-0.05, 0) is 6.54 Å². The van der Waals surface area contributed by atoms with Crippen LogP contribution in [0.2, 0.25) is 0 Å². The highest BCUT2D eigenvalue weighted by Crippen LogP contribution is 1.59. The first-order valence-corrected chi connectivity index (χ1v) is 1.93. The zero-order valence-electron chi connectivity index (χ0n) is 3.19. The molecule has 0 aliphatic rings. The van der Waals surface area contributed by atoms with Crippen LogP contribution in [0.5, 0.6) is 0 Å². The lowest BCUT2D eigenvalue weighted by Gasteiger charge is -1.75. The van der Waals surface area contributed by atoms with E-state index >= 15 is 0 Å². The number of hydrogen-bond donors (Lipinski definition) is 1. The minimum absolute atomic E-state index is 0. The van der Waals surface area contributed by atoms with Crippen molar-refractivity contribution >= 4 is 33.4 Å². The Labute approximate surface area is 52.2 Å². The Morgan fingerprint density at radius 1 is 1.80 bits per heavy atom. The van der Waals surface area contributed by atoms with Gasteiger partial charge in [-0.25, -0.2) is 0 Å². The summed E-state index contributed by atoms with van der Waals surface area (Å²) in [4.78, 5) is 0. The van der Waals surface area contributed by atoms with Crippen LogP contribution in [0.4, 0.5) is 0 Å². The van der Waals surface area contributed by atoms with Crippen LogP contribution in [-0.4, -0.2) is 6.54 Å². The molecule has 0 aromatic rings. The smallest absolute Gasteiger partial charge is 0.00429 e. The quantitative estimate of drug-likeness (QED) is 0.497. The molecule has 0 aliphatic carbocycles. The summed E-state index contributed by atoms with van der Waals surface area (Å²) in [5, 5.41) is 2.85. The van der Waals surface area contributed by atoms with E-state index in [1.807, 2.05) is 6.92 Å². The Hall–Kier alpha value is 1.12. The standard InChI is InChI=1S/C2H8NP.HI/c1-2-3-4;/h3H,2,4H2,1H3;1H. The summed E-state index contributed by atoms with van der Waals surface area (Å²) in [5.41, 5.74) is 0. The molecule has 0 saturated carbocycles. The van der Waals surface area contributed by atoms with Gasteiger partial charge in [-0.15, -0.1) is 24.0 Å². The van der Waals surface area contributed by atoms with E-state index in [4.69, 9.17) is 0 Å². The molecule has 0 rings (SSSR count). The average Bonchev–Trinajstić information content (AvgIpc) is 1.37. The van der Waals surface area contributed by atoms with E-state index in [2.05, 4.69) is 14.5 Å². The topological polar surface area (TPSA) is 12.0 Å². The monoisotopic (exact) mass is 205 g/mol. The molecule has 5 heavy (non-hydrogen) atoms. The van der Waals surface area contributed by atoms with Crippen LogP contribution in [-0.2, 0) is 0 Å². The lowest BCUT2D eigenvalue weighted by atomic mass is 10.8. The highest BCUT2D eigenvalue weighted by Gasteiger charge is 1.50. The zero-order valence-corrected chi connectivity index (χ0v) is 6.68. The molecular weight excluding hydrogens is 196 g/mol. The van der Waals surface area contributed by atoms with Gasteiger partial charge >= 0.3 is 0 Å². The SMILES string of the molecule is CCNP.I. The maximum Gasteiger partial charge on any atom is -0.00429 e. The summed E-state index contributed by atoms with van der Waals surface area (Å²) < 4.78 is 0. The van der Waals surface area contributed by atoms with E-state index in [0.29, 0.717) is 0 Å². The molecule has 0 bridgehead atoms. The first-order valence-electron chi connectivity index (χ1n) is 1.35. The molecule has 34 valence electrons. The molecule has 0 heterocycles. The van der Waals surface area contributed by atoms with Crippen LogP contribution in [0.1, 0.15) is 6.92 Å². The molecule has 1 nitrogen and oxygen atoms in total. The van der Waals surface area contributed by atoms with Crippen molar-refractivity contribution in [3.05, 3.63) is 0 Å². The highest BCUT2D eigenvalue weighted by atomic mass is 127. The molecule has 0 spiro atoms. The van der Waals surface area contributed by atoms with Crippen LogP contribution < -0.4 is 5.09 Å². The summed E-state index contributed by atoms with van der Waals surface area (Å²) in [7, 11) is 2.41. The molecule has 0 aromatic carbocycles. The Bertz CT molecular complexity index is 11.6. The summed E-state index contributed by atoms with van der Waals surface area (Å²) >= 11 is 0. The van der Waals surface area contributed by atoms with Crippen molar-refractivity contribution in [2.75, 3.05) is 6.54 Å². The van der Waals surface area contributed by atoms with Crippen LogP contribution >= 0.6 is 33.4 Å². The molecule has 0 aliphatic heterocycles. The van der Waals surface area contributed by atoms with Gasteiger partial charge in [0.05, 0.1) is 0 Å². The minimum atomic E-state index is 0. The summed E-state index contributed by atoms with van der Waals surface area (Å²) in [6.07, 6.45) is 0. The summed E-state index contributed by atoms with van der Waals surface area (Å²) in [6, 6.07) is 0. The Morgan fingerprint density at radius 2 is 2.00 bits per heavy atom. The third kappa shape index (κ3) is 11.1. The van der Waals surface area contributed by atoms with Crippen LogP contribution in [0.3, 0.4) is 0 Å². The molecule has 3 heteroatoms. The molecule has 0 amide bonds. The van der Waals surface area contributed by atoms with E-state index in [1.165, 1.54) is 0 Å². The Balaban J connectivity index is 0. The fourth-order valence-electron chi connectivity index (χ4n) is 0. The number of nitrogens with one attached hydrogen (secondary N) is 1. The molecule has 0 radical (unpaired) electrons. The third-order valence-electron chi connectivity index (χ3n) is 0.204. The Morgan fingerprint density at radius 3 is 2.00 bits per heavy atom. The second kappa shape index (κ2) is 8.93. The molecular formula is C2H9INP. The zero-order chi connectivity index (χ0) is 3.41. The predicted octanol–water partition coefficient (Wildman–Crippen LogP) is 1.00. The van der Waals surface area contributed by atoms with Crippen molar-refractivity contribution in [2.45, 2.75) is 6.92 Å². The van der Waals surface area contributed by atoms with Gasteiger partial charge < -0.3 is 5.09 Å². The van der Waals surface area contributed by atoms with E-state index in [1.54, 1.807) is 0 Å². The van der Waals surface area contributed by atoms with Crippen molar-refractivity contribution in [1.82, 2.24) is 5.09 Å². The first kappa shape index (κ1) is 9.45. The van der Waals surface area contributed by atoms with Crippen molar-refractivity contribution in [3.8, 4) is 0 Å². The van der Waals surface area contributed by atoms with Crippen LogP contribution in [0, 0.1) is 0 Å². The van der Waals surface area contributed by atoms with Gasteiger partial charge in [0.25, 0.3) is 0 Å². The van der Waals surface area contributed by atoms with Crippen molar-refractivity contribution in [1.29, 1.82) is 0 Å². The van der Waals surface area contributed by atoms with Crippen molar-refractivity contribution in [3.63, 3.8) is 0 Å². The molecule has 0 saturated heterocycles. The highest BCUT2D eigenvalue weighted by molar-refractivity contribution is 14.0. The van der Waals surface area contributed by atoms with Crippen molar-refractivity contribution in [2.24, 2.45) is 0 Å². The average molecular weight is 205 g/mol. The van der Waals surface area contributed by atoms with Gasteiger partial charge in [0.2, 0.25) is 0 Å². The number of halogens is 1. The molecule has 0 aromatic heterocycles. The van der Waals surface area contributed by atoms with Gasteiger partial charge in [0.1, 0.15) is 0 Å². The molecule has 0 fully saturated rings. The maximum absolute atomic E-state index is 2.85. The van der Waals surface area contributed by atoms with Crippen molar-refractivity contribution < 1.29 is 0 Å². The van der Waals surface area contributed by atoms with Gasteiger partial charge in [-0.1, -0.05) is 16.3 Å². The van der Waals surface area contributed by atoms with Crippen LogP contribution in [0.15, 0.2) is 0 Å². The largest absolute Gasteiger partial charge is 0.301 e. The number of hydrogen-bond acceptors (Lipinski definition) is 1. The fourth-order valence-corrected chi connectivity index (χ4v) is 0. The second-order valence-corrected chi connectivity index (χ2v) is 0.966. The number of rotatable bonds is 1. The molecule has 1 unspecified atom stereocenters.